The highest BCUT2D eigenvalue weighted by molar-refractivity contribution is 5.47. The molecule has 1 aliphatic carbocycles. The molecule has 1 aromatic rings. The van der Waals surface area contributed by atoms with Crippen molar-refractivity contribution in [3.8, 4) is 0 Å². The number of hydrogen-bond donors (Lipinski definition) is 1. The van der Waals surface area contributed by atoms with E-state index >= 15 is 0 Å². The molecule has 1 aliphatic rings. The van der Waals surface area contributed by atoms with E-state index in [9.17, 15) is 0 Å². The van der Waals surface area contributed by atoms with Gasteiger partial charge in [0.1, 0.15) is 0 Å². The SMILES string of the molecule is CNC(C)c1ccc(N(CCC(C)C)C2CC2)cn1. The smallest absolute Gasteiger partial charge is 0.0571 e. The molecule has 3 nitrogen and oxygen atoms in total. The second-order valence-corrected chi connectivity index (χ2v) is 6.06. The van der Waals surface area contributed by atoms with Gasteiger partial charge < -0.3 is 10.2 Å². The van der Waals surface area contributed by atoms with E-state index in [0.29, 0.717) is 6.04 Å². The molecule has 1 atom stereocenters. The van der Waals surface area contributed by atoms with E-state index in [4.69, 9.17) is 0 Å². The largest absolute Gasteiger partial charge is 0.367 e. The van der Waals surface area contributed by atoms with Crippen LogP contribution in [-0.2, 0) is 0 Å². The Morgan fingerprint density at radius 1 is 1.32 bits per heavy atom. The van der Waals surface area contributed by atoms with Crippen molar-refractivity contribution in [2.75, 3.05) is 18.5 Å². The molecule has 106 valence electrons. The predicted octanol–water partition coefficient (Wildman–Crippen LogP) is 3.38. The Kier molecular flexibility index (Phi) is 4.81. The minimum Gasteiger partial charge on any atom is -0.367 e. The molecule has 0 radical (unpaired) electrons. The van der Waals surface area contributed by atoms with E-state index in [1.807, 2.05) is 13.2 Å². The summed E-state index contributed by atoms with van der Waals surface area (Å²) in [5.41, 5.74) is 2.40. The molecule has 1 heterocycles. The van der Waals surface area contributed by atoms with Crippen LogP contribution in [0.5, 0.6) is 0 Å². The Balaban J connectivity index is 2.04. The summed E-state index contributed by atoms with van der Waals surface area (Å²) < 4.78 is 0. The molecule has 0 spiro atoms. The van der Waals surface area contributed by atoms with Crippen molar-refractivity contribution in [1.29, 1.82) is 0 Å². The molecule has 19 heavy (non-hydrogen) atoms. The van der Waals surface area contributed by atoms with Crippen LogP contribution < -0.4 is 10.2 Å². The van der Waals surface area contributed by atoms with Crippen LogP contribution in [0.25, 0.3) is 0 Å². The van der Waals surface area contributed by atoms with Gasteiger partial charge >= 0.3 is 0 Å². The number of nitrogens with one attached hydrogen (secondary N) is 1. The molecule has 0 aliphatic heterocycles. The molecule has 1 fully saturated rings. The molecule has 1 saturated carbocycles. The molecule has 3 heteroatoms. The lowest BCUT2D eigenvalue weighted by Gasteiger charge is -2.25. The molecular weight excluding hydrogens is 234 g/mol. The third-order valence-corrected chi connectivity index (χ3v) is 3.91. The molecule has 0 bridgehead atoms. The van der Waals surface area contributed by atoms with Crippen LogP contribution in [0.3, 0.4) is 0 Å². The minimum atomic E-state index is 0.319. The third kappa shape index (κ3) is 3.93. The second kappa shape index (κ2) is 6.38. The van der Waals surface area contributed by atoms with E-state index in [1.54, 1.807) is 0 Å². The van der Waals surface area contributed by atoms with Crippen LogP contribution in [0.1, 0.15) is 51.8 Å². The van der Waals surface area contributed by atoms with Crippen molar-refractivity contribution in [3.05, 3.63) is 24.0 Å². The van der Waals surface area contributed by atoms with E-state index in [0.717, 1.165) is 24.2 Å². The number of rotatable bonds is 7. The zero-order chi connectivity index (χ0) is 13.8. The average molecular weight is 261 g/mol. The third-order valence-electron chi connectivity index (χ3n) is 3.91. The lowest BCUT2D eigenvalue weighted by molar-refractivity contribution is 0.570. The molecule has 1 N–H and O–H groups in total. The highest BCUT2D eigenvalue weighted by Gasteiger charge is 2.29. The zero-order valence-corrected chi connectivity index (χ0v) is 12.7. The maximum Gasteiger partial charge on any atom is 0.0571 e. The number of aromatic nitrogens is 1. The minimum absolute atomic E-state index is 0.319. The van der Waals surface area contributed by atoms with Gasteiger partial charge in [0.25, 0.3) is 0 Å². The summed E-state index contributed by atoms with van der Waals surface area (Å²) in [6, 6.07) is 5.46. The average Bonchev–Trinajstić information content (AvgIpc) is 3.23. The van der Waals surface area contributed by atoms with Crippen LogP contribution >= 0.6 is 0 Å². The topological polar surface area (TPSA) is 28.2 Å². The van der Waals surface area contributed by atoms with Gasteiger partial charge in [0, 0.05) is 18.6 Å². The van der Waals surface area contributed by atoms with Crippen molar-refractivity contribution in [3.63, 3.8) is 0 Å². The number of anilines is 1. The van der Waals surface area contributed by atoms with Gasteiger partial charge in [0.2, 0.25) is 0 Å². The molecular formula is C16H27N3. The Morgan fingerprint density at radius 3 is 2.53 bits per heavy atom. The summed E-state index contributed by atoms with van der Waals surface area (Å²) in [6.45, 7) is 7.88. The monoisotopic (exact) mass is 261 g/mol. The maximum atomic E-state index is 4.60. The summed E-state index contributed by atoms with van der Waals surface area (Å²) in [4.78, 5) is 7.15. The molecule has 0 saturated heterocycles. The van der Waals surface area contributed by atoms with E-state index in [2.05, 4.69) is 48.1 Å². The zero-order valence-electron chi connectivity index (χ0n) is 12.7. The van der Waals surface area contributed by atoms with Gasteiger partial charge in [-0.25, -0.2) is 0 Å². The second-order valence-electron chi connectivity index (χ2n) is 6.06. The first-order chi connectivity index (χ1) is 9.11. The lowest BCUT2D eigenvalue weighted by Crippen LogP contribution is -2.28. The first-order valence-corrected chi connectivity index (χ1v) is 7.51. The number of pyridine rings is 1. The van der Waals surface area contributed by atoms with Crippen LogP contribution in [0.15, 0.2) is 18.3 Å². The van der Waals surface area contributed by atoms with E-state index < -0.39 is 0 Å². The normalized spacial score (nSPS) is 16.7. The summed E-state index contributed by atoms with van der Waals surface area (Å²) in [7, 11) is 1.97. The Hall–Kier alpha value is -1.09. The Bertz CT molecular complexity index is 381. The van der Waals surface area contributed by atoms with Gasteiger partial charge in [0.05, 0.1) is 17.6 Å². The van der Waals surface area contributed by atoms with E-state index in [-0.39, 0.29) is 0 Å². The molecule has 2 rings (SSSR count). The Labute approximate surface area is 117 Å². The van der Waals surface area contributed by atoms with Crippen molar-refractivity contribution >= 4 is 5.69 Å². The number of hydrogen-bond acceptors (Lipinski definition) is 3. The Morgan fingerprint density at radius 2 is 2.05 bits per heavy atom. The van der Waals surface area contributed by atoms with Gasteiger partial charge in [0.15, 0.2) is 0 Å². The first kappa shape index (κ1) is 14.3. The van der Waals surface area contributed by atoms with Crippen molar-refractivity contribution in [2.24, 2.45) is 5.92 Å². The lowest BCUT2D eigenvalue weighted by atomic mass is 10.1. The number of nitrogens with zero attached hydrogens (tertiary/aromatic N) is 2. The van der Waals surface area contributed by atoms with Gasteiger partial charge in [-0.3, -0.25) is 4.98 Å². The van der Waals surface area contributed by atoms with Gasteiger partial charge in [-0.1, -0.05) is 13.8 Å². The summed E-state index contributed by atoms with van der Waals surface area (Å²) >= 11 is 0. The summed E-state index contributed by atoms with van der Waals surface area (Å²) in [5.74, 6) is 0.762. The van der Waals surface area contributed by atoms with Crippen molar-refractivity contribution < 1.29 is 0 Å². The highest BCUT2D eigenvalue weighted by atomic mass is 15.2. The van der Waals surface area contributed by atoms with Crippen LogP contribution in [0, 0.1) is 5.92 Å². The highest BCUT2D eigenvalue weighted by Crippen LogP contribution is 2.32. The molecule has 1 unspecified atom stereocenters. The first-order valence-electron chi connectivity index (χ1n) is 7.51. The fourth-order valence-corrected chi connectivity index (χ4v) is 2.28. The maximum absolute atomic E-state index is 4.60. The van der Waals surface area contributed by atoms with Gasteiger partial charge in [-0.2, -0.15) is 0 Å². The predicted molar refractivity (Wildman–Crippen MR) is 81.5 cm³/mol. The summed E-state index contributed by atoms with van der Waals surface area (Å²) in [5, 5.41) is 3.23. The summed E-state index contributed by atoms with van der Waals surface area (Å²) in [6.07, 6.45) is 5.98. The molecule has 0 aromatic carbocycles. The fraction of sp³-hybridized carbons (Fsp3) is 0.688. The van der Waals surface area contributed by atoms with Crippen molar-refractivity contribution in [2.45, 2.75) is 52.1 Å². The standard InChI is InChI=1S/C16H27N3/c1-12(2)9-10-19(14-5-6-14)15-7-8-16(18-11-15)13(3)17-4/h7-8,11-14,17H,5-6,9-10H2,1-4H3. The van der Waals surface area contributed by atoms with Gasteiger partial charge in [-0.15, -0.1) is 0 Å². The van der Waals surface area contributed by atoms with Crippen LogP contribution in [-0.4, -0.2) is 24.6 Å². The quantitative estimate of drug-likeness (QED) is 0.815. The van der Waals surface area contributed by atoms with Crippen LogP contribution in [0.2, 0.25) is 0 Å². The molecule has 0 amide bonds. The fourth-order valence-electron chi connectivity index (χ4n) is 2.28. The van der Waals surface area contributed by atoms with Crippen LogP contribution in [0.4, 0.5) is 5.69 Å². The van der Waals surface area contributed by atoms with E-state index in [1.165, 1.54) is 24.9 Å². The molecule has 1 aromatic heterocycles. The van der Waals surface area contributed by atoms with Gasteiger partial charge in [-0.05, 0) is 51.3 Å². The van der Waals surface area contributed by atoms with Crippen molar-refractivity contribution in [1.82, 2.24) is 10.3 Å².